The van der Waals surface area contributed by atoms with Crippen LogP contribution >= 0.6 is 0 Å². The lowest BCUT2D eigenvalue weighted by Gasteiger charge is -1.85. The van der Waals surface area contributed by atoms with Gasteiger partial charge in [0, 0.05) is 24.8 Å². The van der Waals surface area contributed by atoms with Crippen LogP contribution in [0.5, 0.6) is 0 Å². The lowest BCUT2D eigenvalue weighted by molar-refractivity contribution is 1.11. The Hall–Kier alpha value is -1.38. The van der Waals surface area contributed by atoms with Gasteiger partial charge < -0.3 is 0 Å². The van der Waals surface area contributed by atoms with Crippen molar-refractivity contribution in [3.05, 3.63) is 30.9 Å². The normalized spacial score (nSPS) is 7.33. The molecule has 0 saturated carbocycles. The van der Waals surface area contributed by atoms with E-state index in [1.165, 1.54) is 0 Å². The molecule has 0 bridgehead atoms. The summed E-state index contributed by atoms with van der Waals surface area (Å²) < 4.78 is 1.86. The summed E-state index contributed by atoms with van der Waals surface area (Å²) in [5.41, 5.74) is 0. The van der Waals surface area contributed by atoms with Crippen LogP contribution in [0.4, 0.5) is 0 Å². The van der Waals surface area contributed by atoms with Crippen molar-refractivity contribution >= 4 is 5.78 Å². The van der Waals surface area contributed by atoms with Crippen molar-refractivity contribution < 1.29 is 0 Å². The lowest BCUT2D eigenvalue weighted by atomic mass is 10.7. The Morgan fingerprint density at radius 1 is 0.800 bits per heavy atom. The monoisotopic (exact) mass is 209 g/mol. The second-order valence-corrected chi connectivity index (χ2v) is 1.75. The van der Waals surface area contributed by atoms with E-state index in [0.29, 0.717) is 0 Å². The molecule has 0 spiro atoms. The molecular weight excluding hydrogens is 186 g/mol. The van der Waals surface area contributed by atoms with E-state index >= 15 is 0 Å². The van der Waals surface area contributed by atoms with E-state index in [4.69, 9.17) is 0 Å². The van der Waals surface area contributed by atoms with Gasteiger partial charge in [-0.3, -0.25) is 4.40 Å². The van der Waals surface area contributed by atoms with E-state index in [2.05, 4.69) is 9.97 Å². The molecule has 0 amide bonds. The highest BCUT2D eigenvalue weighted by Gasteiger charge is 1.87. The van der Waals surface area contributed by atoms with Crippen LogP contribution in [0.15, 0.2) is 30.9 Å². The lowest BCUT2D eigenvalue weighted by Crippen LogP contribution is -1.82. The zero-order chi connectivity index (χ0) is 12.1. The zero-order valence-corrected chi connectivity index (χ0v) is 10.7. The molecule has 0 fully saturated rings. The molecule has 0 aromatic carbocycles. The van der Waals surface area contributed by atoms with Gasteiger partial charge in [-0.2, -0.15) is 0 Å². The van der Waals surface area contributed by atoms with Gasteiger partial charge in [0.05, 0.1) is 0 Å². The number of fused-ring (bicyclic) bond motifs is 1. The second kappa shape index (κ2) is 12.6. The maximum atomic E-state index is 3.99. The predicted molar refractivity (Wildman–Crippen MR) is 67.0 cm³/mol. The maximum absolute atomic E-state index is 3.99. The minimum absolute atomic E-state index is 0.748. The Morgan fingerprint density at radius 3 is 1.87 bits per heavy atom. The van der Waals surface area contributed by atoms with Gasteiger partial charge >= 0.3 is 0 Å². The van der Waals surface area contributed by atoms with Crippen molar-refractivity contribution in [3.8, 4) is 0 Å². The van der Waals surface area contributed by atoms with Gasteiger partial charge in [-0.1, -0.05) is 41.5 Å². The first kappa shape index (κ1) is 16.1. The van der Waals surface area contributed by atoms with Gasteiger partial charge in [0.25, 0.3) is 0 Å². The van der Waals surface area contributed by atoms with E-state index in [-0.39, 0.29) is 0 Å². The minimum Gasteiger partial charge on any atom is -0.291 e. The first-order chi connectivity index (χ1) is 7.47. The quantitative estimate of drug-likeness (QED) is 0.660. The van der Waals surface area contributed by atoms with Gasteiger partial charge in [0.2, 0.25) is 5.78 Å². The van der Waals surface area contributed by atoms with E-state index in [1.807, 2.05) is 64.4 Å². The Balaban J connectivity index is 0. The fraction of sp³-hybridized carbons (Fsp3) is 0.500. The van der Waals surface area contributed by atoms with Gasteiger partial charge in [-0.25, -0.2) is 9.97 Å². The topological polar surface area (TPSA) is 30.2 Å². The second-order valence-electron chi connectivity index (χ2n) is 1.75. The van der Waals surface area contributed by atoms with Crippen molar-refractivity contribution in [3.63, 3.8) is 0 Å². The van der Waals surface area contributed by atoms with Crippen LogP contribution in [0.3, 0.4) is 0 Å². The summed E-state index contributed by atoms with van der Waals surface area (Å²) in [6, 6.07) is 1.87. The molecule has 0 radical (unpaired) electrons. The molecule has 3 heteroatoms. The number of hydrogen-bond acceptors (Lipinski definition) is 2. The summed E-state index contributed by atoms with van der Waals surface area (Å²) in [6.07, 6.45) is 7.22. The number of nitrogens with zero attached hydrogens (tertiary/aromatic N) is 3. The van der Waals surface area contributed by atoms with Gasteiger partial charge in [-0.05, 0) is 6.07 Å². The smallest absolute Gasteiger partial charge is 0.233 e. The van der Waals surface area contributed by atoms with Crippen LogP contribution in [0.2, 0.25) is 0 Å². The summed E-state index contributed by atoms with van der Waals surface area (Å²) >= 11 is 0. The average molecular weight is 209 g/mol. The molecule has 15 heavy (non-hydrogen) atoms. The van der Waals surface area contributed by atoms with Crippen molar-refractivity contribution in [2.45, 2.75) is 41.5 Å². The van der Waals surface area contributed by atoms with Crippen LogP contribution in [-0.2, 0) is 0 Å². The van der Waals surface area contributed by atoms with Gasteiger partial charge in [0.15, 0.2) is 0 Å². The summed E-state index contributed by atoms with van der Waals surface area (Å²) in [6.45, 7) is 12.0. The molecule has 0 aliphatic carbocycles. The first-order valence-electron chi connectivity index (χ1n) is 5.70. The number of imidazole rings is 1. The SMILES string of the molecule is CC.CC.CC.c1cnc2nccn2c1. The maximum Gasteiger partial charge on any atom is 0.233 e. The molecule has 2 rings (SSSR count). The van der Waals surface area contributed by atoms with Crippen LogP contribution in [0.25, 0.3) is 5.78 Å². The third-order valence-corrected chi connectivity index (χ3v) is 1.17. The van der Waals surface area contributed by atoms with Crippen LogP contribution < -0.4 is 0 Å². The summed E-state index contributed by atoms with van der Waals surface area (Å²) in [4.78, 5) is 7.96. The van der Waals surface area contributed by atoms with Crippen LogP contribution in [0.1, 0.15) is 41.5 Å². The molecule has 0 saturated heterocycles. The van der Waals surface area contributed by atoms with Crippen molar-refractivity contribution in [2.75, 3.05) is 0 Å². The highest BCUT2D eigenvalue weighted by atomic mass is 15.1. The first-order valence-corrected chi connectivity index (χ1v) is 5.70. The van der Waals surface area contributed by atoms with Crippen LogP contribution in [-0.4, -0.2) is 14.4 Å². The summed E-state index contributed by atoms with van der Waals surface area (Å²) in [5, 5.41) is 0. The highest BCUT2D eigenvalue weighted by Crippen LogP contribution is 1.91. The number of hydrogen-bond donors (Lipinski definition) is 0. The minimum atomic E-state index is 0.748. The molecule has 0 aliphatic rings. The van der Waals surface area contributed by atoms with Gasteiger partial charge in [0.1, 0.15) is 0 Å². The van der Waals surface area contributed by atoms with Crippen molar-refractivity contribution in [1.29, 1.82) is 0 Å². The van der Waals surface area contributed by atoms with Crippen LogP contribution in [0, 0.1) is 0 Å². The van der Waals surface area contributed by atoms with E-state index in [9.17, 15) is 0 Å². The fourth-order valence-electron chi connectivity index (χ4n) is 0.762. The molecule has 86 valence electrons. The summed E-state index contributed by atoms with van der Waals surface area (Å²) in [5.74, 6) is 0.748. The standard InChI is InChI=1S/C6H5N3.3C2H6/c1-2-7-6-8-3-5-9(6)4-1;3*1-2/h1-5H;3*1-2H3. The molecular formula is C12H23N3. The Labute approximate surface area is 93.2 Å². The average Bonchev–Trinajstić information content (AvgIpc) is 2.85. The van der Waals surface area contributed by atoms with E-state index in [1.54, 1.807) is 12.4 Å². The molecule has 2 aromatic rings. The van der Waals surface area contributed by atoms with E-state index in [0.717, 1.165) is 5.78 Å². The van der Waals surface area contributed by atoms with Crippen molar-refractivity contribution in [2.24, 2.45) is 0 Å². The predicted octanol–water partition coefficient (Wildman–Crippen LogP) is 3.81. The fourth-order valence-corrected chi connectivity index (χ4v) is 0.762. The summed E-state index contributed by atoms with van der Waals surface area (Å²) in [7, 11) is 0. The third-order valence-electron chi connectivity index (χ3n) is 1.17. The highest BCUT2D eigenvalue weighted by molar-refractivity contribution is 5.25. The van der Waals surface area contributed by atoms with E-state index < -0.39 is 0 Å². The third kappa shape index (κ3) is 5.83. The molecule has 2 aromatic heterocycles. The Morgan fingerprint density at radius 2 is 1.33 bits per heavy atom. The molecule has 3 nitrogen and oxygen atoms in total. The molecule has 0 atom stereocenters. The molecule has 0 unspecified atom stereocenters. The van der Waals surface area contributed by atoms with Gasteiger partial charge in [-0.15, -0.1) is 0 Å². The molecule has 0 aliphatic heterocycles. The van der Waals surface area contributed by atoms with Crippen molar-refractivity contribution in [1.82, 2.24) is 14.4 Å². The Bertz CT molecular complexity index is 285. The number of rotatable bonds is 0. The molecule has 2 heterocycles. The molecule has 0 N–H and O–H groups in total. The Kier molecular flexibility index (Phi) is 13.5. The zero-order valence-electron chi connectivity index (χ0n) is 10.7. The largest absolute Gasteiger partial charge is 0.291 e. The number of aromatic nitrogens is 3.